The van der Waals surface area contributed by atoms with Crippen LogP contribution in [-0.2, 0) is 14.3 Å². The molecule has 1 aliphatic rings. The third-order valence-electron chi connectivity index (χ3n) is 6.74. The van der Waals surface area contributed by atoms with E-state index in [1.54, 1.807) is 0 Å². The molecule has 4 nitrogen and oxygen atoms in total. The van der Waals surface area contributed by atoms with Crippen molar-refractivity contribution in [1.29, 1.82) is 0 Å². The number of carbonyl (C=O) groups is 2. The summed E-state index contributed by atoms with van der Waals surface area (Å²) in [6.07, 6.45) is 6.80. The first kappa shape index (κ1) is 30.5. The lowest BCUT2D eigenvalue weighted by Crippen LogP contribution is -2.60. The quantitative estimate of drug-likeness (QED) is 0.208. The lowest BCUT2D eigenvalue weighted by atomic mass is 9.67. The third kappa shape index (κ3) is 7.66. The fourth-order valence-corrected chi connectivity index (χ4v) is 6.07. The third-order valence-corrected chi connectivity index (χ3v) is 8.56. The molecule has 0 radical (unpaired) electrons. The van der Waals surface area contributed by atoms with Crippen LogP contribution in [-0.4, -0.2) is 47.0 Å². The average Bonchev–Trinajstić information content (AvgIpc) is 2.84. The Hall–Kier alpha value is -1.69. The van der Waals surface area contributed by atoms with E-state index in [0.717, 1.165) is 23.3 Å². The molecule has 1 aliphatic heterocycles. The van der Waals surface area contributed by atoms with Crippen molar-refractivity contribution in [3.63, 3.8) is 0 Å². The molecular formula is C29H39Cl2NO3S. The maximum atomic E-state index is 14.3. The molecule has 1 amide bonds. The molecule has 1 heterocycles. The van der Waals surface area contributed by atoms with Gasteiger partial charge < -0.3 is 9.64 Å². The minimum absolute atomic E-state index is 0.0170. The number of methoxy groups -OCH3 is 1. The van der Waals surface area contributed by atoms with Crippen LogP contribution in [0.2, 0.25) is 5.02 Å². The molecule has 1 aromatic rings. The molecule has 0 aromatic heterocycles. The van der Waals surface area contributed by atoms with Gasteiger partial charge in [0.25, 0.3) is 0 Å². The number of likely N-dealkylation sites (tertiary alicyclic amines) is 1. The first-order valence-corrected chi connectivity index (χ1v) is 14.2. The summed E-state index contributed by atoms with van der Waals surface area (Å²) in [6, 6.07) is 7.41. The van der Waals surface area contributed by atoms with E-state index in [2.05, 4.69) is 27.4 Å². The molecule has 0 unspecified atom stereocenters. The zero-order chi connectivity index (χ0) is 27.0. The van der Waals surface area contributed by atoms with Gasteiger partial charge in [-0.2, -0.15) is 11.8 Å². The number of rotatable bonds is 11. The number of hydrogen-bond acceptors (Lipinski definition) is 4. The number of benzene rings is 1. The number of amides is 1. The number of hydrogen-bond donors (Lipinski definition) is 0. The Morgan fingerprint density at radius 3 is 2.61 bits per heavy atom. The van der Waals surface area contributed by atoms with Gasteiger partial charge in [-0.25, -0.2) is 0 Å². The highest BCUT2D eigenvalue weighted by molar-refractivity contribution is 7.99. The van der Waals surface area contributed by atoms with Gasteiger partial charge in [-0.1, -0.05) is 81.8 Å². The maximum Gasteiger partial charge on any atom is 0.306 e. The van der Waals surface area contributed by atoms with Crippen LogP contribution in [0.1, 0.15) is 65.4 Å². The first-order chi connectivity index (χ1) is 17.0. The highest BCUT2D eigenvalue weighted by atomic mass is 35.5. The summed E-state index contributed by atoms with van der Waals surface area (Å²) in [5.74, 6) is 0.242. The van der Waals surface area contributed by atoms with E-state index in [-0.39, 0.29) is 30.3 Å². The summed E-state index contributed by atoms with van der Waals surface area (Å²) >= 11 is 14.5. The second kappa shape index (κ2) is 13.7. The molecule has 1 aromatic carbocycles. The summed E-state index contributed by atoms with van der Waals surface area (Å²) in [5, 5.41) is 1.66. The van der Waals surface area contributed by atoms with Crippen molar-refractivity contribution in [3.8, 4) is 0 Å². The number of allylic oxidation sites excluding steroid dienone is 3. The zero-order valence-electron chi connectivity index (χ0n) is 22.2. The Kier molecular flexibility index (Phi) is 11.7. The van der Waals surface area contributed by atoms with E-state index >= 15 is 0 Å². The summed E-state index contributed by atoms with van der Waals surface area (Å²) in [6.45, 7) is 14.6. The number of nitrogens with zero attached hydrogens (tertiary/aromatic N) is 1. The molecular weight excluding hydrogens is 513 g/mol. The van der Waals surface area contributed by atoms with Crippen molar-refractivity contribution in [2.75, 3.05) is 12.9 Å². The molecule has 0 saturated carbocycles. The lowest BCUT2D eigenvalue weighted by molar-refractivity contribution is -0.159. The average molecular weight is 553 g/mol. The summed E-state index contributed by atoms with van der Waals surface area (Å²) in [5.41, 5.74) is 0.887. The Morgan fingerprint density at radius 2 is 2.06 bits per heavy atom. The SMILES string of the molecule is C=C(/C=C\C(Cl)=C/C)[C@@H]1[C@@H](c2cccc(Cl)c2)C[C@](C)(CC(=O)OC)C(=O)N1[C@@H](CC)CSC(C)C. The number of carbonyl (C=O) groups excluding carboxylic acids is 2. The van der Waals surface area contributed by atoms with Crippen LogP contribution in [0.5, 0.6) is 0 Å². The van der Waals surface area contributed by atoms with Crippen LogP contribution in [0.15, 0.2) is 59.7 Å². The van der Waals surface area contributed by atoms with Crippen molar-refractivity contribution < 1.29 is 14.3 Å². The van der Waals surface area contributed by atoms with Gasteiger partial charge in [0, 0.05) is 27.8 Å². The van der Waals surface area contributed by atoms with Crippen molar-refractivity contribution in [2.24, 2.45) is 5.41 Å². The Balaban J connectivity index is 2.71. The van der Waals surface area contributed by atoms with Gasteiger partial charge in [-0.3, -0.25) is 9.59 Å². The standard InChI is InChI=1S/C29H39Cl2NO3S/c1-8-22(30)14-13-20(5)27-25(21-11-10-12-23(31)15-21)16-29(6,17-26(33)35-7)28(34)32(27)24(9-2)18-36-19(3)4/h8,10-15,19,24-25,27H,5,9,16-18H2,1-4,6-7H3/b14-13-,22-8+/t24-,25+,27+,29+/m0/s1. The van der Waals surface area contributed by atoms with Gasteiger partial charge in [0.15, 0.2) is 0 Å². The molecule has 2 rings (SSSR count). The Labute approximate surface area is 231 Å². The Morgan fingerprint density at radius 1 is 1.36 bits per heavy atom. The topological polar surface area (TPSA) is 46.6 Å². The molecule has 1 fully saturated rings. The molecule has 0 N–H and O–H groups in total. The molecule has 0 spiro atoms. The molecule has 36 heavy (non-hydrogen) atoms. The van der Waals surface area contributed by atoms with E-state index in [0.29, 0.717) is 21.7 Å². The van der Waals surface area contributed by atoms with Crippen LogP contribution in [0.25, 0.3) is 0 Å². The first-order valence-electron chi connectivity index (χ1n) is 12.4. The fourth-order valence-electron chi connectivity index (χ4n) is 4.80. The van der Waals surface area contributed by atoms with Crippen molar-refractivity contribution in [1.82, 2.24) is 4.90 Å². The molecule has 7 heteroatoms. The predicted octanol–water partition coefficient (Wildman–Crippen LogP) is 7.77. The monoisotopic (exact) mass is 551 g/mol. The predicted molar refractivity (Wildman–Crippen MR) is 154 cm³/mol. The maximum absolute atomic E-state index is 14.3. The van der Waals surface area contributed by atoms with Crippen LogP contribution in [0.4, 0.5) is 0 Å². The van der Waals surface area contributed by atoms with Gasteiger partial charge >= 0.3 is 5.97 Å². The van der Waals surface area contributed by atoms with Gasteiger partial charge in [0.2, 0.25) is 5.91 Å². The van der Waals surface area contributed by atoms with E-state index < -0.39 is 11.4 Å². The van der Waals surface area contributed by atoms with Crippen LogP contribution in [0.3, 0.4) is 0 Å². The number of piperidine rings is 1. The van der Waals surface area contributed by atoms with E-state index in [1.807, 2.05) is 73.0 Å². The Bertz CT molecular complexity index is 1010. The van der Waals surface area contributed by atoms with E-state index in [4.69, 9.17) is 27.9 Å². The van der Waals surface area contributed by atoms with Crippen LogP contribution >= 0.6 is 35.0 Å². The molecule has 1 saturated heterocycles. The highest BCUT2D eigenvalue weighted by Gasteiger charge is 2.52. The second-order valence-electron chi connectivity index (χ2n) is 9.86. The number of ether oxygens (including phenoxy) is 1. The number of halogens is 2. The largest absolute Gasteiger partial charge is 0.469 e. The highest BCUT2D eigenvalue weighted by Crippen LogP contribution is 2.48. The van der Waals surface area contributed by atoms with E-state index in [9.17, 15) is 9.59 Å². The normalized spacial score (nSPS) is 23.9. The van der Waals surface area contributed by atoms with Gasteiger partial charge in [-0.05, 0) is 54.4 Å². The zero-order valence-corrected chi connectivity index (χ0v) is 24.6. The van der Waals surface area contributed by atoms with E-state index in [1.165, 1.54) is 7.11 Å². The minimum Gasteiger partial charge on any atom is -0.469 e. The molecule has 198 valence electrons. The number of thioether (sulfide) groups is 1. The van der Waals surface area contributed by atoms with Crippen molar-refractivity contribution >= 4 is 46.8 Å². The summed E-state index contributed by atoms with van der Waals surface area (Å²) in [7, 11) is 1.36. The minimum atomic E-state index is -0.919. The van der Waals surface area contributed by atoms with Crippen LogP contribution < -0.4 is 0 Å². The molecule has 0 bridgehead atoms. The lowest BCUT2D eigenvalue weighted by Gasteiger charge is -2.52. The number of esters is 1. The summed E-state index contributed by atoms with van der Waals surface area (Å²) < 4.78 is 4.99. The van der Waals surface area contributed by atoms with Gasteiger partial charge in [-0.15, -0.1) is 0 Å². The van der Waals surface area contributed by atoms with Crippen molar-refractivity contribution in [2.45, 2.75) is 77.1 Å². The smallest absolute Gasteiger partial charge is 0.306 e. The van der Waals surface area contributed by atoms with Crippen molar-refractivity contribution in [3.05, 3.63) is 70.3 Å². The van der Waals surface area contributed by atoms with Gasteiger partial charge in [0.05, 0.1) is 25.0 Å². The van der Waals surface area contributed by atoms with Gasteiger partial charge in [0.1, 0.15) is 0 Å². The van der Waals surface area contributed by atoms with Crippen LogP contribution in [0, 0.1) is 5.41 Å². The summed E-state index contributed by atoms with van der Waals surface area (Å²) in [4.78, 5) is 28.7. The molecule has 4 atom stereocenters. The second-order valence-corrected chi connectivity index (χ2v) is 12.3. The molecule has 0 aliphatic carbocycles. The fraction of sp³-hybridized carbons (Fsp3) is 0.517.